The highest BCUT2D eigenvalue weighted by atomic mass is 127. The maximum Gasteiger partial charge on any atom is 0.224 e. The number of carbonyl (C=O) groups excluding carboxylic acids is 2. The minimum absolute atomic E-state index is 0.0723. The lowest BCUT2D eigenvalue weighted by molar-refractivity contribution is -0.126. The molecular weight excluding hydrogens is 233 g/mol. The summed E-state index contributed by atoms with van der Waals surface area (Å²) in [6.45, 7) is 0. The van der Waals surface area contributed by atoms with Crippen molar-refractivity contribution in [3.8, 4) is 0 Å². The van der Waals surface area contributed by atoms with Gasteiger partial charge in [0.1, 0.15) is 5.78 Å². The molecule has 2 N–H and O–H groups in total. The molecule has 0 radical (unpaired) electrons. The van der Waals surface area contributed by atoms with E-state index in [0.717, 1.165) is 4.43 Å². The molecule has 0 aliphatic heterocycles. The van der Waals surface area contributed by atoms with Gasteiger partial charge in [0.25, 0.3) is 0 Å². The second-order valence-corrected chi connectivity index (χ2v) is 2.70. The van der Waals surface area contributed by atoms with Crippen LogP contribution in [-0.4, -0.2) is 16.1 Å². The van der Waals surface area contributed by atoms with Gasteiger partial charge in [0.15, 0.2) is 0 Å². The van der Waals surface area contributed by atoms with Crippen LogP contribution in [-0.2, 0) is 9.59 Å². The number of hydrogen-bond donors (Lipinski definition) is 1. The summed E-state index contributed by atoms with van der Waals surface area (Å²) in [5, 5.41) is 0. The molecule has 0 heterocycles. The SMILES string of the molecule is NC(=O)CC(=O)CCI. The Morgan fingerprint density at radius 2 is 2.00 bits per heavy atom. The molecule has 0 spiro atoms. The van der Waals surface area contributed by atoms with Crippen LogP contribution in [0.3, 0.4) is 0 Å². The van der Waals surface area contributed by atoms with Gasteiger partial charge in [0, 0.05) is 10.8 Å². The van der Waals surface area contributed by atoms with Gasteiger partial charge in [-0.15, -0.1) is 0 Å². The fraction of sp³-hybridized carbons (Fsp3) is 0.600. The van der Waals surface area contributed by atoms with E-state index in [9.17, 15) is 9.59 Å². The summed E-state index contributed by atoms with van der Waals surface area (Å²) >= 11 is 2.08. The maximum absolute atomic E-state index is 10.5. The Morgan fingerprint density at radius 3 is 2.33 bits per heavy atom. The van der Waals surface area contributed by atoms with Gasteiger partial charge < -0.3 is 5.73 Å². The molecule has 0 rings (SSSR count). The fourth-order valence-electron chi connectivity index (χ4n) is 0.388. The molecule has 1 amide bonds. The van der Waals surface area contributed by atoms with Crippen molar-refractivity contribution in [3.63, 3.8) is 0 Å². The molecule has 0 unspecified atom stereocenters. The van der Waals surface area contributed by atoms with Crippen molar-refractivity contribution in [1.82, 2.24) is 0 Å². The van der Waals surface area contributed by atoms with E-state index in [1.807, 2.05) is 0 Å². The average Bonchev–Trinajstić information content (AvgIpc) is 1.63. The lowest BCUT2D eigenvalue weighted by Crippen LogP contribution is -2.16. The molecule has 0 saturated carbocycles. The number of halogens is 1. The summed E-state index contributed by atoms with van der Waals surface area (Å²) in [4.78, 5) is 20.6. The standard InChI is InChI=1S/C5H8INO2/c6-2-1-4(8)3-5(7)9/h1-3H2,(H2,7,9). The van der Waals surface area contributed by atoms with Crippen molar-refractivity contribution < 1.29 is 9.59 Å². The van der Waals surface area contributed by atoms with E-state index in [1.54, 1.807) is 0 Å². The zero-order valence-electron chi connectivity index (χ0n) is 4.89. The summed E-state index contributed by atoms with van der Waals surface area (Å²) in [6.07, 6.45) is 0.340. The van der Waals surface area contributed by atoms with Gasteiger partial charge in [-0.1, -0.05) is 22.6 Å². The minimum atomic E-state index is -0.537. The Morgan fingerprint density at radius 1 is 1.44 bits per heavy atom. The third-order valence-corrected chi connectivity index (χ3v) is 1.28. The van der Waals surface area contributed by atoms with Crippen LogP contribution in [0.25, 0.3) is 0 Å². The average molecular weight is 241 g/mol. The smallest absolute Gasteiger partial charge is 0.224 e. The van der Waals surface area contributed by atoms with Gasteiger partial charge in [-0.3, -0.25) is 9.59 Å². The van der Waals surface area contributed by atoms with Crippen LogP contribution in [0.15, 0.2) is 0 Å². The normalized spacial score (nSPS) is 9.00. The van der Waals surface area contributed by atoms with Gasteiger partial charge in [-0.25, -0.2) is 0 Å². The predicted octanol–water partition coefficient (Wildman–Crippen LogP) is 0.256. The zero-order valence-corrected chi connectivity index (χ0v) is 7.05. The Bertz CT molecular complexity index is 124. The van der Waals surface area contributed by atoms with Crippen LogP contribution in [0, 0.1) is 0 Å². The third kappa shape index (κ3) is 5.75. The molecule has 52 valence electrons. The molecule has 0 saturated heterocycles. The Balaban J connectivity index is 3.39. The van der Waals surface area contributed by atoms with Gasteiger partial charge in [0.2, 0.25) is 5.91 Å². The molecule has 0 aliphatic carbocycles. The van der Waals surface area contributed by atoms with Gasteiger partial charge in [0.05, 0.1) is 6.42 Å². The zero-order chi connectivity index (χ0) is 7.28. The van der Waals surface area contributed by atoms with Crippen LogP contribution in [0.4, 0.5) is 0 Å². The minimum Gasteiger partial charge on any atom is -0.369 e. The largest absolute Gasteiger partial charge is 0.369 e. The van der Waals surface area contributed by atoms with Crippen molar-refractivity contribution >= 4 is 34.3 Å². The predicted molar refractivity (Wildman–Crippen MR) is 42.3 cm³/mol. The summed E-state index contributed by atoms with van der Waals surface area (Å²) in [5.41, 5.74) is 4.76. The van der Waals surface area contributed by atoms with Crippen LogP contribution >= 0.6 is 22.6 Å². The molecule has 0 aromatic heterocycles. The van der Waals surface area contributed by atoms with E-state index in [4.69, 9.17) is 5.73 Å². The number of primary amides is 1. The number of amides is 1. The highest BCUT2D eigenvalue weighted by molar-refractivity contribution is 14.1. The number of nitrogens with two attached hydrogens (primary N) is 1. The Kier molecular flexibility index (Phi) is 4.65. The number of ketones is 1. The highest BCUT2D eigenvalue weighted by Crippen LogP contribution is 1.93. The van der Waals surface area contributed by atoms with E-state index >= 15 is 0 Å². The van der Waals surface area contributed by atoms with E-state index in [0.29, 0.717) is 6.42 Å². The highest BCUT2D eigenvalue weighted by Gasteiger charge is 2.03. The Labute approximate surface area is 67.1 Å². The van der Waals surface area contributed by atoms with Gasteiger partial charge in [-0.05, 0) is 0 Å². The lowest BCUT2D eigenvalue weighted by atomic mass is 10.2. The summed E-state index contributed by atoms with van der Waals surface area (Å²) in [6, 6.07) is 0. The molecule has 0 aliphatic rings. The number of carbonyl (C=O) groups is 2. The summed E-state index contributed by atoms with van der Waals surface area (Å²) in [7, 11) is 0. The first-order valence-corrected chi connectivity index (χ1v) is 4.05. The number of hydrogen-bond acceptors (Lipinski definition) is 2. The number of Topliss-reactive ketones (excluding diaryl/α,β-unsaturated/α-hetero) is 1. The number of rotatable bonds is 4. The monoisotopic (exact) mass is 241 g/mol. The van der Waals surface area contributed by atoms with E-state index < -0.39 is 5.91 Å². The molecule has 0 fully saturated rings. The number of alkyl halides is 1. The second-order valence-electron chi connectivity index (χ2n) is 1.62. The first-order chi connectivity index (χ1) is 4.16. The van der Waals surface area contributed by atoms with E-state index in [1.165, 1.54) is 0 Å². The molecule has 9 heavy (non-hydrogen) atoms. The fourth-order valence-corrected chi connectivity index (χ4v) is 0.990. The topological polar surface area (TPSA) is 60.2 Å². The summed E-state index contributed by atoms with van der Waals surface area (Å²) < 4.78 is 0.754. The van der Waals surface area contributed by atoms with Crippen LogP contribution in [0.5, 0.6) is 0 Å². The quantitative estimate of drug-likeness (QED) is 0.436. The molecule has 0 aromatic rings. The van der Waals surface area contributed by atoms with Crippen molar-refractivity contribution in [3.05, 3.63) is 0 Å². The van der Waals surface area contributed by atoms with Crippen molar-refractivity contribution in [2.75, 3.05) is 4.43 Å². The lowest BCUT2D eigenvalue weighted by Gasteiger charge is -1.90. The maximum atomic E-state index is 10.5. The van der Waals surface area contributed by atoms with Crippen molar-refractivity contribution in [2.24, 2.45) is 5.73 Å². The molecule has 4 heteroatoms. The summed E-state index contributed by atoms with van der Waals surface area (Å²) in [5.74, 6) is -0.609. The molecule has 3 nitrogen and oxygen atoms in total. The van der Waals surface area contributed by atoms with Crippen LogP contribution < -0.4 is 5.73 Å². The molecular formula is C5H8INO2. The third-order valence-electron chi connectivity index (χ3n) is 0.745. The van der Waals surface area contributed by atoms with E-state index in [-0.39, 0.29) is 12.2 Å². The molecule has 0 aromatic carbocycles. The second kappa shape index (κ2) is 4.72. The first-order valence-electron chi connectivity index (χ1n) is 2.52. The molecule has 0 bridgehead atoms. The van der Waals surface area contributed by atoms with Crippen LogP contribution in [0.1, 0.15) is 12.8 Å². The molecule has 0 atom stereocenters. The van der Waals surface area contributed by atoms with Gasteiger partial charge in [-0.2, -0.15) is 0 Å². The van der Waals surface area contributed by atoms with Crippen LogP contribution in [0.2, 0.25) is 0 Å². The van der Waals surface area contributed by atoms with Crippen molar-refractivity contribution in [1.29, 1.82) is 0 Å². The first kappa shape index (κ1) is 8.87. The van der Waals surface area contributed by atoms with Gasteiger partial charge >= 0.3 is 0 Å². The Hall–Kier alpha value is -0.130. The van der Waals surface area contributed by atoms with Crippen molar-refractivity contribution in [2.45, 2.75) is 12.8 Å². The van der Waals surface area contributed by atoms with E-state index in [2.05, 4.69) is 22.6 Å².